The molecule has 0 aliphatic carbocycles. The fraction of sp³-hybridized carbons (Fsp3) is 0.0417. The molecule has 1 aliphatic rings. The van der Waals surface area contributed by atoms with E-state index < -0.39 is 36.1 Å². The lowest BCUT2D eigenvalue weighted by Crippen LogP contribution is -2.38. The van der Waals surface area contributed by atoms with Gasteiger partial charge in [0.25, 0.3) is 11.8 Å². The van der Waals surface area contributed by atoms with Gasteiger partial charge in [-0.25, -0.2) is 14.1 Å². The first-order valence-electron chi connectivity index (χ1n) is 10.2. The first-order valence-corrected chi connectivity index (χ1v) is 10.2. The van der Waals surface area contributed by atoms with Crippen molar-refractivity contribution >= 4 is 35.5 Å². The van der Waals surface area contributed by atoms with Crippen molar-refractivity contribution in [2.24, 2.45) is 0 Å². The maximum Gasteiger partial charge on any atom is 0.329 e. The van der Waals surface area contributed by atoms with Crippen LogP contribution in [0.3, 0.4) is 0 Å². The molecule has 1 fully saturated rings. The molecule has 4 rings (SSSR count). The van der Waals surface area contributed by atoms with E-state index in [1.807, 2.05) is 5.32 Å². The van der Waals surface area contributed by atoms with Crippen LogP contribution < -0.4 is 16.0 Å². The number of nitrogens with one attached hydrogen (secondary N) is 3. The Labute approximate surface area is 198 Å². The summed E-state index contributed by atoms with van der Waals surface area (Å²) in [4.78, 5) is 49.9. The second-order valence-corrected chi connectivity index (χ2v) is 7.35. The van der Waals surface area contributed by atoms with Crippen molar-refractivity contribution in [3.8, 4) is 11.9 Å². The van der Waals surface area contributed by atoms with Crippen LogP contribution in [0.5, 0.6) is 0 Å². The first-order chi connectivity index (χ1) is 16.9. The van der Waals surface area contributed by atoms with Gasteiger partial charge in [0.1, 0.15) is 18.1 Å². The van der Waals surface area contributed by atoms with Crippen LogP contribution in [0, 0.1) is 17.3 Å². The average molecular weight is 472 g/mol. The van der Waals surface area contributed by atoms with Crippen LogP contribution in [0.15, 0.2) is 72.6 Å². The number of halogens is 1. The molecule has 1 aliphatic heterocycles. The Morgan fingerprint density at radius 1 is 1.09 bits per heavy atom. The fourth-order valence-electron chi connectivity index (χ4n) is 3.42. The van der Waals surface area contributed by atoms with Gasteiger partial charge in [-0.05, 0) is 60.7 Å². The Bertz CT molecular complexity index is 1400. The number of imide groups is 1. The monoisotopic (exact) mass is 472 g/mol. The second kappa shape index (κ2) is 9.72. The highest BCUT2D eigenvalue weighted by Gasteiger charge is 2.35. The van der Waals surface area contributed by atoms with E-state index >= 15 is 0 Å². The van der Waals surface area contributed by atoms with Gasteiger partial charge in [0.2, 0.25) is 5.91 Å². The average Bonchev–Trinajstić information content (AvgIpc) is 3.39. The molecular weight excluding hydrogens is 455 g/mol. The lowest BCUT2D eigenvalue weighted by atomic mass is 10.2. The molecule has 2 aromatic carbocycles. The second-order valence-electron chi connectivity index (χ2n) is 7.35. The number of nitrogens with zero attached hydrogens (tertiary/aromatic N) is 3. The summed E-state index contributed by atoms with van der Waals surface area (Å²) in [6.07, 6.45) is 4.76. The van der Waals surface area contributed by atoms with E-state index in [4.69, 9.17) is 5.26 Å². The van der Waals surface area contributed by atoms with Crippen LogP contribution in [-0.2, 0) is 9.59 Å². The molecule has 0 bridgehead atoms. The number of hydrogen-bond donors (Lipinski definition) is 3. The standard InChI is InChI=1S/C24H17FN6O4/c25-16-3-1-4-17(11-16)28-21(32)13-31-23(34)20(29-24(31)35)12-19-5-2-10-30(19)18-8-6-15(7-9-18)22(33)27-14-26/h1-12H,13H2,(H,27,33)(H,28,32)(H,29,35)/b20-12-. The Morgan fingerprint density at radius 2 is 1.86 bits per heavy atom. The first kappa shape index (κ1) is 22.9. The number of carbonyl (C=O) groups excluding carboxylic acids is 4. The van der Waals surface area contributed by atoms with Gasteiger partial charge in [-0.1, -0.05) is 6.07 Å². The van der Waals surface area contributed by atoms with Crippen molar-refractivity contribution in [1.82, 2.24) is 20.1 Å². The number of nitriles is 1. The Hall–Kier alpha value is -5.24. The number of benzene rings is 2. The highest BCUT2D eigenvalue weighted by Crippen LogP contribution is 2.19. The molecule has 2 heterocycles. The van der Waals surface area contributed by atoms with E-state index in [1.54, 1.807) is 53.4 Å². The van der Waals surface area contributed by atoms with E-state index in [-0.39, 0.29) is 11.4 Å². The Kier molecular flexibility index (Phi) is 6.37. The summed E-state index contributed by atoms with van der Waals surface area (Å²) in [5.74, 6) is -2.43. The summed E-state index contributed by atoms with van der Waals surface area (Å²) < 4.78 is 15.0. The van der Waals surface area contributed by atoms with Crippen LogP contribution >= 0.6 is 0 Å². The third-order valence-corrected chi connectivity index (χ3v) is 5.02. The Morgan fingerprint density at radius 3 is 2.57 bits per heavy atom. The molecule has 0 radical (unpaired) electrons. The molecule has 0 atom stereocenters. The van der Waals surface area contributed by atoms with Crippen LogP contribution in [0.1, 0.15) is 16.1 Å². The molecule has 1 aromatic heterocycles. The van der Waals surface area contributed by atoms with E-state index in [0.717, 1.165) is 11.0 Å². The number of anilines is 1. The molecule has 174 valence electrons. The van der Waals surface area contributed by atoms with Crippen molar-refractivity contribution in [1.29, 1.82) is 5.26 Å². The predicted octanol–water partition coefficient (Wildman–Crippen LogP) is 2.36. The number of carbonyl (C=O) groups is 4. The minimum Gasteiger partial charge on any atom is -0.324 e. The third-order valence-electron chi connectivity index (χ3n) is 5.02. The van der Waals surface area contributed by atoms with Gasteiger partial charge in [-0.2, -0.15) is 5.26 Å². The minimum atomic E-state index is -0.762. The zero-order valence-corrected chi connectivity index (χ0v) is 18.0. The smallest absolute Gasteiger partial charge is 0.324 e. The van der Waals surface area contributed by atoms with Gasteiger partial charge in [-0.3, -0.25) is 19.7 Å². The number of aromatic nitrogens is 1. The summed E-state index contributed by atoms with van der Waals surface area (Å²) in [6.45, 7) is -0.550. The number of urea groups is 1. The van der Waals surface area contributed by atoms with Crippen LogP contribution in [-0.4, -0.2) is 39.8 Å². The molecule has 0 saturated carbocycles. The third kappa shape index (κ3) is 5.07. The lowest BCUT2D eigenvalue weighted by molar-refractivity contribution is -0.127. The molecule has 10 nitrogen and oxygen atoms in total. The molecule has 0 spiro atoms. The van der Waals surface area contributed by atoms with Gasteiger partial charge in [0.15, 0.2) is 6.19 Å². The van der Waals surface area contributed by atoms with Crippen molar-refractivity contribution in [2.75, 3.05) is 11.9 Å². The van der Waals surface area contributed by atoms with Crippen LogP contribution in [0.4, 0.5) is 14.9 Å². The molecule has 3 N–H and O–H groups in total. The minimum absolute atomic E-state index is 0.0291. The van der Waals surface area contributed by atoms with E-state index in [9.17, 15) is 23.6 Å². The van der Waals surface area contributed by atoms with Crippen molar-refractivity contribution in [2.45, 2.75) is 0 Å². The van der Waals surface area contributed by atoms with Gasteiger partial charge in [-0.15, -0.1) is 0 Å². The zero-order valence-electron chi connectivity index (χ0n) is 18.0. The number of rotatable bonds is 6. The fourth-order valence-corrected chi connectivity index (χ4v) is 3.42. The van der Waals surface area contributed by atoms with E-state index in [0.29, 0.717) is 16.9 Å². The largest absolute Gasteiger partial charge is 0.329 e. The maximum atomic E-state index is 13.3. The topological polar surface area (TPSA) is 136 Å². The highest BCUT2D eigenvalue weighted by atomic mass is 19.1. The maximum absolute atomic E-state index is 13.3. The van der Waals surface area contributed by atoms with Crippen LogP contribution in [0.25, 0.3) is 11.8 Å². The Balaban J connectivity index is 1.49. The molecule has 35 heavy (non-hydrogen) atoms. The zero-order chi connectivity index (χ0) is 24.9. The summed E-state index contributed by atoms with van der Waals surface area (Å²) in [5.41, 5.74) is 1.69. The predicted molar refractivity (Wildman–Crippen MR) is 122 cm³/mol. The van der Waals surface area contributed by atoms with Crippen molar-refractivity contribution < 1.29 is 23.6 Å². The molecule has 0 unspecified atom stereocenters. The normalized spacial score (nSPS) is 13.9. The molecular formula is C24H17FN6O4. The lowest BCUT2D eigenvalue weighted by Gasteiger charge is -2.12. The van der Waals surface area contributed by atoms with Crippen molar-refractivity contribution in [3.63, 3.8) is 0 Å². The number of hydrogen-bond acceptors (Lipinski definition) is 5. The van der Waals surface area contributed by atoms with Gasteiger partial charge in [0.05, 0.1) is 0 Å². The summed E-state index contributed by atoms with van der Waals surface area (Å²) in [7, 11) is 0. The molecule has 3 aromatic rings. The molecule has 11 heteroatoms. The summed E-state index contributed by atoms with van der Waals surface area (Å²) in [5, 5.41) is 15.5. The van der Waals surface area contributed by atoms with Gasteiger partial charge in [0, 0.05) is 28.8 Å². The van der Waals surface area contributed by atoms with E-state index in [1.165, 1.54) is 24.3 Å². The van der Waals surface area contributed by atoms with Gasteiger partial charge < -0.3 is 15.2 Å². The van der Waals surface area contributed by atoms with Crippen molar-refractivity contribution in [3.05, 3.63) is 89.6 Å². The highest BCUT2D eigenvalue weighted by molar-refractivity contribution is 6.15. The quantitative estimate of drug-likeness (QED) is 0.219. The molecule has 1 saturated heterocycles. The number of amides is 5. The summed E-state index contributed by atoms with van der Waals surface area (Å²) >= 11 is 0. The SMILES string of the molecule is N#CNC(=O)c1ccc(-n2cccc2/C=C2\NC(=O)N(CC(=O)Nc3cccc(F)c3)C2=O)cc1. The van der Waals surface area contributed by atoms with Gasteiger partial charge >= 0.3 is 6.03 Å². The summed E-state index contributed by atoms with van der Waals surface area (Å²) in [6, 6.07) is 14.3. The van der Waals surface area contributed by atoms with E-state index in [2.05, 4.69) is 10.6 Å². The van der Waals surface area contributed by atoms with Crippen LogP contribution in [0.2, 0.25) is 0 Å². The molecule has 5 amide bonds.